The first-order valence-electron chi connectivity index (χ1n) is 5.02. The highest BCUT2D eigenvalue weighted by atomic mass is 35.5. The zero-order valence-corrected chi connectivity index (χ0v) is 11.8. The molecule has 0 heterocycles. The van der Waals surface area contributed by atoms with Crippen LogP contribution in [0.2, 0.25) is 5.02 Å². The predicted octanol–water partition coefficient (Wildman–Crippen LogP) is 3.84. The number of hydrogen-bond donors (Lipinski definition) is 1. The molecule has 0 saturated carbocycles. The second kappa shape index (κ2) is 6.88. The highest BCUT2D eigenvalue weighted by Gasteiger charge is 2.18. The maximum absolute atomic E-state index is 11.0. The summed E-state index contributed by atoms with van der Waals surface area (Å²) >= 11 is 17.0. The molecule has 6 heteroatoms. The third-order valence-corrected chi connectivity index (χ3v) is 3.01. The average molecular weight is 310 g/mol. The van der Waals surface area contributed by atoms with Crippen molar-refractivity contribution >= 4 is 40.8 Å². The zero-order chi connectivity index (χ0) is 13.7. The van der Waals surface area contributed by atoms with E-state index in [4.69, 9.17) is 44.6 Å². The quantitative estimate of drug-likeness (QED) is 0.841. The minimum Gasteiger partial charge on any atom is -0.478 e. The van der Waals surface area contributed by atoms with Gasteiger partial charge in [0.05, 0.1) is 5.88 Å². The summed E-state index contributed by atoms with van der Waals surface area (Å²) in [5, 5.41) is 9.80. The summed E-state index contributed by atoms with van der Waals surface area (Å²) in [6, 6.07) is 4.91. The number of allylic oxidation sites excluding steroid dienone is 1. The molecule has 98 valence electrons. The Kier molecular flexibility index (Phi) is 5.79. The van der Waals surface area contributed by atoms with E-state index < -0.39 is 12.1 Å². The van der Waals surface area contributed by atoms with Gasteiger partial charge < -0.3 is 9.84 Å². The van der Waals surface area contributed by atoms with Crippen molar-refractivity contribution in [3.05, 3.63) is 39.9 Å². The van der Waals surface area contributed by atoms with Gasteiger partial charge in [0.15, 0.2) is 0 Å². The van der Waals surface area contributed by atoms with Gasteiger partial charge in [-0.15, -0.1) is 11.6 Å². The number of carboxylic acid groups (broad SMARTS) is 1. The van der Waals surface area contributed by atoms with Crippen LogP contribution in [0.4, 0.5) is 0 Å². The van der Waals surface area contributed by atoms with Gasteiger partial charge in [-0.05, 0) is 36.8 Å². The molecule has 1 unspecified atom stereocenters. The summed E-state index contributed by atoms with van der Waals surface area (Å²) in [4.78, 5) is 11.0. The molecule has 0 radical (unpaired) electrons. The summed E-state index contributed by atoms with van der Waals surface area (Å²) in [6.07, 6.45) is 0.0708. The monoisotopic (exact) mass is 308 g/mol. The zero-order valence-electron chi connectivity index (χ0n) is 9.49. The Bertz CT molecular complexity index is 472. The van der Waals surface area contributed by atoms with Crippen LogP contribution in [-0.2, 0) is 4.79 Å². The van der Waals surface area contributed by atoms with E-state index in [1.165, 1.54) is 6.08 Å². The number of rotatable bonds is 5. The number of ether oxygens (including phenoxy) is 1. The number of carboxylic acids is 1. The van der Waals surface area contributed by atoms with Crippen molar-refractivity contribution in [2.24, 2.45) is 0 Å². The number of halogens is 3. The Morgan fingerprint density at radius 2 is 2.22 bits per heavy atom. The number of hydrogen-bond acceptors (Lipinski definition) is 2. The lowest BCUT2D eigenvalue weighted by atomic mass is 10.2. The van der Waals surface area contributed by atoms with Crippen molar-refractivity contribution in [3.63, 3.8) is 0 Å². The topological polar surface area (TPSA) is 46.5 Å². The van der Waals surface area contributed by atoms with E-state index in [9.17, 15) is 4.79 Å². The van der Waals surface area contributed by atoms with Crippen LogP contribution >= 0.6 is 34.8 Å². The third-order valence-electron chi connectivity index (χ3n) is 2.09. The molecule has 0 saturated heterocycles. The fourth-order valence-electron chi connectivity index (χ4n) is 1.25. The first kappa shape index (κ1) is 15.2. The van der Waals surface area contributed by atoms with E-state index >= 15 is 0 Å². The molecule has 0 amide bonds. The fraction of sp³-hybridized carbons (Fsp3) is 0.250. The molecule has 1 rings (SSSR count). The van der Waals surface area contributed by atoms with Gasteiger partial charge in [-0.3, -0.25) is 0 Å². The Morgan fingerprint density at radius 3 is 2.72 bits per heavy atom. The predicted molar refractivity (Wildman–Crippen MR) is 72.9 cm³/mol. The lowest BCUT2D eigenvalue weighted by Crippen LogP contribution is -2.25. The van der Waals surface area contributed by atoms with Gasteiger partial charge >= 0.3 is 5.97 Å². The van der Waals surface area contributed by atoms with E-state index in [1.807, 2.05) is 0 Å². The van der Waals surface area contributed by atoms with Crippen LogP contribution < -0.4 is 4.74 Å². The molecule has 0 aliphatic heterocycles. The molecule has 0 fully saturated rings. The van der Waals surface area contributed by atoms with Crippen LogP contribution in [0.3, 0.4) is 0 Å². The third kappa shape index (κ3) is 4.41. The first-order valence-corrected chi connectivity index (χ1v) is 6.31. The smallest absolute Gasteiger partial charge is 0.349 e. The van der Waals surface area contributed by atoms with Crippen LogP contribution in [0.25, 0.3) is 0 Å². The molecule has 1 atom stereocenters. The number of benzene rings is 1. The van der Waals surface area contributed by atoms with Gasteiger partial charge in [0, 0.05) is 10.1 Å². The molecule has 0 aliphatic rings. The second-order valence-electron chi connectivity index (χ2n) is 3.53. The SMILES string of the molecule is Cc1cc(Cl)ccc1OC(C=C(Cl)CCl)C(=O)O. The maximum Gasteiger partial charge on any atom is 0.349 e. The molecular formula is C12H11Cl3O3. The summed E-state index contributed by atoms with van der Waals surface area (Å²) in [6.45, 7) is 1.77. The Labute approximate surface area is 120 Å². The lowest BCUT2D eigenvalue weighted by molar-refractivity contribution is -0.142. The molecule has 18 heavy (non-hydrogen) atoms. The van der Waals surface area contributed by atoms with Crippen LogP contribution in [-0.4, -0.2) is 23.1 Å². The minimum atomic E-state index is -1.18. The summed E-state index contributed by atoms with van der Waals surface area (Å²) in [5.41, 5.74) is 0.740. The van der Waals surface area contributed by atoms with Crippen LogP contribution in [0.1, 0.15) is 5.56 Å². The minimum absolute atomic E-state index is 0.0360. The van der Waals surface area contributed by atoms with E-state index in [-0.39, 0.29) is 10.9 Å². The lowest BCUT2D eigenvalue weighted by Gasteiger charge is -2.14. The molecule has 1 aromatic carbocycles. The Balaban J connectivity index is 2.94. The van der Waals surface area contributed by atoms with Gasteiger partial charge in [0.2, 0.25) is 6.10 Å². The molecule has 3 nitrogen and oxygen atoms in total. The van der Waals surface area contributed by atoms with Gasteiger partial charge in [-0.25, -0.2) is 4.79 Å². The second-order valence-corrected chi connectivity index (χ2v) is 4.72. The van der Waals surface area contributed by atoms with E-state index in [2.05, 4.69) is 0 Å². The first-order chi connectivity index (χ1) is 8.43. The molecule has 1 aromatic rings. The van der Waals surface area contributed by atoms with Crippen LogP contribution in [0.15, 0.2) is 29.3 Å². The summed E-state index contributed by atoms with van der Waals surface area (Å²) in [5.74, 6) is -0.677. The number of carbonyl (C=O) groups is 1. The van der Waals surface area contributed by atoms with Crippen LogP contribution in [0, 0.1) is 6.92 Å². The average Bonchev–Trinajstić information content (AvgIpc) is 2.30. The molecule has 0 aliphatic carbocycles. The molecule has 0 aromatic heterocycles. The van der Waals surface area contributed by atoms with Gasteiger partial charge in [-0.2, -0.15) is 0 Å². The molecular weight excluding hydrogens is 298 g/mol. The van der Waals surface area contributed by atoms with Crippen molar-refractivity contribution in [1.29, 1.82) is 0 Å². The number of aryl methyl sites for hydroxylation is 1. The number of alkyl halides is 1. The van der Waals surface area contributed by atoms with Crippen molar-refractivity contribution in [3.8, 4) is 5.75 Å². The van der Waals surface area contributed by atoms with E-state index in [0.29, 0.717) is 10.8 Å². The summed E-state index contributed by atoms with van der Waals surface area (Å²) < 4.78 is 5.36. The van der Waals surface area contributed by atoms with Crippen molar-refractivity contribution in [2.45, 2.75) is 13.0 Å². The summed E-state index contributed by atoms with van der Waals surface area (Å²) in [7, 11) is 0. The molecule has 0 spiro atoms. The molecule has 0 bridgehead atoms. The highest BCUT2D eigenvalue weighted by molar-refractivity contribution is 6.35. The van der Waals surface area contributed by atoms with Gasteiger partial charge in [0.1, 0.15) is 5.75 Å². The van der Waals surface area contributed by atoms with Gasteiger partial charge in [0.25, 0.3) is 0 Å². The normalized spacial score (nSPS) is 13.2. The largest absolute Gasteiger partial charge is 0.478 e. The molecule has 1 N–H and O–H groups in total. The fourth-order valence-corrected chi connectivity index (χ4v) is 1.68. The van der Waals surface area contributed by atoms with Crippen molar-refractivity contribution in [2.75, 3.05) is 5.88 Å². The number of aliphatic carboxylic acids is 1. The van der Waals surface area contributed by atoms with Gasteiger partial charge in [-0.1, -0.05) is 23.2 Å². The standard InChI is InChI=1S/C12H11Cl3O3/c1-7-4-8(14)2-3-10(7)18-11(12(16)17)5-9(15)6-13/h2-5,11H,6H2,1H3,(H,16,17). The van der Waals surface area contributed by atoms with Crippen LogP contribution in [0.5, 0.6) is 5.75 Å². The van der Waals surface area contributed by atoms with Crippen molar-refractivity contribution in [1.82, 2.24) is 0 Å². The van der Waals surface area contributed by atoms with E-state index in [1.54, 1.807) is 25.1 Å². The van der Waals surface area contributed by atoms with E-state index in [0.717, 1.165) is 5.56 Å². The highest BCUT2D eigenvalue weighted by Crippen LogP contribution is 2.23. The maximum atomic E-state index is 11.0. The Morgan fingerprint density at radius 1 is 1.56 bits per heavy atom. The van der Waals surface area contributed by atoms with Crippen molar-refractivity contribution < 1.29 is 14.6 Å². The Hall–Kier alpha value is -0.900.